The maximum atomic E-state index is 11.5. The third-order valence-corrected chi connectivity index (χ3v) is 3.07. The Kier molecular flexibility index (Phi) is 5.49. The van der Waals surface area contributed by atoms with Gasteiger partial charge in [-0.05, 0) is 23.8 Å². The molecule has 7 heteroatoms. The predicted molar refractivity (Wildman–Crippen MR) is 74.7 cm³/mol. The summed E-state index contributed by atoms with van der Waals surface area (Å²) in [6, 6.07) is 5.86. The molecule has 0 aromatic heterocycles. The van der Waals surface area contributed by atoms with E-state index in [1.807, 2.05) is 0 Å². The van der Waals surface area contributed by atoms with Crippen LogP contribution >= 0.6 is 31.9 Å². The molecule has 1 aromatic rings. The number of hydrogen-bond acceptors (Lipinski definition) is 4. The summed E-state index contributed by atoms with van der Waals surface area (Å²) < 4.78 is 4.28. The number of carbonyl (C=O) groups excluding carboxylic acids is 1. The molecule has 18 heavy (non-hydrogen) atoms. The minimum atomic E-state index is -0.480. The van der Waals surface area contributed by atoms with E-state index in [1.54, 1.807) is 18.2 Å². The van der Waals surface area contributed by atoms with Crippen LogP contribution in [0, 0.1) is 10.1 Å². The highest BCUT2D eigenvalue weighted by atomic mass is 79.9. The smallest absolute Gasteiger partial charge is 0.335 e. The first-order valence-corrected chi connectivity index (χ1v) is 6.61. The summed E-state index contributed by atoms with van der Waals surface area (Å²) in [5.41, 5.74) is 1.04. The molecule has 0 radical (unpaired) electrons. The first-order valence-electron chi connectivity index (χ1n) is 4.78. The van der Waals surface area contributed by atoms with E-state index in [1.165, 1.54) is 19.2 Å². The van der Waals surface area contributed by atoms with Gasteiger partial charge in [0.25, 0.3) is 5.69 Å². The average Bonchev–Trinajstić information content (AvgIpc) is 2.35. The first-order chi connectivity index (χ1) is 8.45. The number of halogens is 2. The van der Waals surface area contributed by atoms with Crippen LogP contribution in [0.15, 0.2) is 29.8 Å². The predicted octanol–water partition coefficient (Wildman–Crippen LogP) is 3.27. The molecule has 0 bridgehead atoms. The van der Waals surface area contributed by atoms with Gasteiger partial charge in [-0.15, -0.1) is 0 Å². The number of ether oxygens (including phenoxy) is 1. The number of esters is 1. The fourth-order valence-corrected chi connectivity index (χ4v) is 1.84. The van der Waals surface area contributed by atoms with E-state index >= 15 is 0 Å². The van der Waals surface area contributed by atoms with Gasteiger partial charge in [0.05, 0.1) is 17.6 Å². The van der Waals surface area contributed by atoms with Gasteiger partial charge in [0.1, 0.15) is 3.74 Å². The van der Waals surface area contributed by atoms with Crippen molar-refractivity contribution in [3.8, 4) is 0 Å². The zero-order chi connectivity index (χ0) is 13.7. The Morgan fingerprint density at radius 3 is 2.33 bits per heavy atom. The molecule has 0 heterocycles. The molecule has 96 valence electrons. The molecule has 1 aromatic carbocycles. The Bertz CT molecular complexity index is 482. The van der Waals surface area contributed by atoms with E-state index in [2.05, 4.69) is 36.6 Å². The number of nitro groups is 1. The minimum Gasteiger partial charge on any atom is -0.466 e. The highest BCUT2D eigenvalue weighted by molar-refractivity contribution is 9.24. The number of nitro benzene ring substituents is 1. The highest BCUT2D eigenvalue weighted by Gasteiger charge is 2.16. The summed E-state index contributed by atoms with van der Waals surface area (Å²) in [6.07, 6.45) is 1.59. The molecule has 0 aliphatic rings. The second-order valence-electron chi connectivity index (χ2n) is 3.24. The molecule has 0 atom stereocenters. The third-order valence-electron chi connectivity index (χ3n) is 2.08. The van der Waals surface area contributed by atoms with Crippen molar-refractivity contribution in [2.24, 2.45) is 0 Å². The lowest BCUT2D eigenvalue weighted by Gasteiger charge is -2.06. The van der Waals surface area contributed by atoms with Crippen molar-refractivity contribution in [1.29, 1.82) is 0 Å². The van der Waals surface area contributed by atoms with E-state index in [4.69, 9.17) is 0 Å². The van der Waals surface area contributed by atoms with Crippen LogP contribution in [0.5, 0.6) is 0 Å². The van der Waals surface area contributed by atoms with E-state index in [-0.39, 0.29) is 9.42 Å². The fraction of sp³-hybridized carbons (Fsp3) is 0.182. The van der Waals surface area contributed by atoms with Crippen LogP contribution in [-0.4, -0.2) is 21.7 Å². The van der Waals surface area contributed by atoms with Crippen molar-refractivity contribution in [3.63, 3.8) is 0 Å². The zero-order valence-corrected chi connectivity index (χ0v) is 12.5. The van der Waals surface area contributed by atoms with Gasteiger partial charge in [0.2, 0.25) is 0 Å². The second kappa shape index (κ2) is 6.65. The molecule has 0 saturated heterocycles. The molecular formula is C11H9Br2NO4. The lowest BCUT2D eigenvalue weighted by atomic mass is 10.1. The standard InChI is InChI=1S/C11H9Br2NO4/c1-18-11(15)9(10(12)13)6-7-2-4-8(5-3-7)14(16)17/h2-6,10H,1H3/b9-6+. The van der Waals surface area contributed by atoms with Crippen LogP contribution in [0.3, 0.4) is 0 Å². The number of alkyl halides is 2. The van der Waals surface area contributed by atoms with Crippen molar-refractivity contribution < 1.29 is 14.5 Å². The van der Waals surface area contributed by atoms with Crippen molar-refractivity contribution in [1.82, 2.24) is 0 Å². The Labute approximate surface area is 120 Å². The van der Waals surface area contributed by atoms with Gasteiger partial charge < -0.3 is 4.74 Å². The first kappa shape index (κ1) is 14.8. The molecule has 0 aliphatic carbocycles. The summed E-state index contributed by atoms with van der Waals surface area (Å²) >= 11 is 6.43. The number of rotatable bonds is 4. The van der Waals surface area contributed by atoms with Crippen molar-refractivity contribution in [2.45, 2.75) is 3.74 Å². The highest BCUT2D eigenvalue weighted by Crippen LogP contribution is 2.23. The quantitative estimate of drug-likeness (QED) is 0.265. The molecule has 0 N–H and O–H groups in total. The maximum absolute atomic E-state index is 11.5. The molecule has 1 rings (SSSR count). The van der Waals surface area contributed by atoms with E-state index in [0.29, 0.717) is 11.1 Å². The molecular weight excluding hydrogens is 370 g/mol. The summed E-state index contributed by atoms with van der Waals surface area (Å²) in [7, 11) is 1.29. The third kappa shape index (κ3) is 3.92. The number of hydrogen-bond donors (Lipinski definition) is 0. The number of nitrogens with zero attached hydrogens (tertiary/aromatic N) is 1. The zero-order valence-electron chi connectivity index (χ0n) is 9.30. The summed E-state index contributed by atoms with van der Waals surface area (Å²) in [5.74, 6) is -0.480. The molecule has 0 fully saturated rings. The van der Waals surface area contributed by atoms with Crippen LogP contribution in [-0.2, 0) is 9.53 Å². The van der Waals surface area contributed by atoms with Crippen LogP contribution in [0.25, 0.3) is 6.08 Å². The summed E-state index contributed by atoms with van der Waals surface area (Å²) in [4.78, 5) is 21.5. The van der Waals surface area contributed by atoms with Crippen LogP contribution < -0.4 is 0 Å². The largest absolute Gasteiger partial charge is 0.466 e. The summed E-state index contributed by atoms with van der Waals surface area (Å²) in [6.45, 7) is 0. The Hall–Kier alpha value is -1.21. The van der Waals surface area contributed by atoms with E-state index < -0.39 is 10.9 Å². The Morgan fingerprint density at radius 1 is 1.39 bits per heavy atom. The van der Waals surface area contributed by atoms with Crippen molar-refractivity contribution >= 4 is 49.6 Å². The number of non-ortho nitro benzene ring substituents is 1. The maximum Gasteiger partial charge on any atom is 0.335 e. The molecule has 0 amide bonds. The molecule has 0 saturated carbocycles. The average molecular weight is 379 g/mol. The van der Waals surface area contributed by atoms with Gasteiger partial charge in [-0.2, -0.15) is 0 Å². The number of benzene rings is 1. The topological polar surface area (TPSA) is 69.4 Å². The van der Waals surface area contributed by atoms with E-state index in [0.717, 1.165) is 0 Å². The van der Waals surface area contributed by atoms with Gasteiger partial charge in [-0.1, -0.05) is 31.9 Å². The Balaban J connectivity index is 3.05. The van der Waals surface area contributed by atoms with Crippen molar-refractivity contribution in [2.75, 3.05) is 7.11 Å². The monoisotopic (exact) mass is 377 g/mol. The van der Waals surface area contributed by atoms with Gasteiger partial charge in [-0.3, -0.25) is 10.1 Å². The minimum absolute atomic E-state index is 0.000928. The normalized spacial score (nSPS) is 11.4. The number of carbonyl (C=O) groups is 1. The second-order valence-corrected chi connectivity index (χ2v) is 6.30. The number of methoxy groups -OCH3 is 1. The lowest BCUT2D eigenvalue weighted by Crippen LogP contribution is -2.09. The molecule has 0 aliphatic heterocycles. The molecule has 5 nitrogen and oxygen atoms in total. The van der Waals surface area contributed by atoms with Crippen LogP contribution in [0.4, 0.5) is 5.69 Å². The van der Waals surface area contributed by atoms with E-state index in [9.17, 15) is 14.9 Å². The lowest BCUT2D eigenvalue weighted by molar-refractivity contribution is -0.384. The van der Waals surface area contributed by atoms with Gasteiger partial charge in [-0.25, -0.2) is 4.79 Å². The Morgan fingerprint density at radius 2 is 1.94 bits per heavy atom. The molecule has 0 spiro atoms. The van der Waals surface area contributed by atoms with Crippen molar-refractivity contribution in [3.05, 3.63) is 45.5 Å². The fourth-order valence-electron chi connectivity index (χ4n) is 1.20. The van der Waals surface area contributed by atoms with Gasteiger partial charge in [0, 0.05) is 12.1 Å². The molecule has 0 unspecified atom stereocenters. The SMILES string of the molecule is COC(=O)/C(=C/c1ccc([N+](=O)[O-])cc1)C(Br)Br. The van der Waals surface area contributed by atoms with Gasteiger partial charge in [0.15, 0.2) is 0 Å². The summed E-state index contributed by atoms with van der Waals surface area (Å²) in [5, 5.41) is 10.5. The van der Waals surface area contributed by atoms with Crippen LogP contribution in [0.1, 0.15) is 5.56 Å². The van der Waals surface area contributed by atoms with Crippen LogP contribution in [0.2, 0.25) is 0 Å². The van der Waals surface area contributed by atoms with Gasteiger partial charge >= 0.3 is 5.97 Å².